The summed E-state index contributed by atoms with van der Waals surface area (Å²) in [6.45, 7) is 17.8. The summed E-state index contributed by atoms with van der Waals surface area (Å²) in [5.74, 6) is 0.418. The van der Waals surface area contributed by atoms with Crippen LogP contribution in [0.4, 0.5) is 5.00 Å². The highest BCUT2D eigenvalue weighted by molar-refractivity contribution is 7.17. The molecule has 1 aromatic heterocycles. The lowest BCUT2D eigenvalue weighted by atomic mass is 9.99. The van der Waals surface area contributed by atoms with Crippen molar-refractivity contribution in [2.45, 2.75) is 54.4 Å². The van der Waals surface area contributed by atoms with Crippen LogP contribution in [0.3, 0.4) is 0 Å². The first-order valence-electron chi connectivity index (χ1n) is 12.9. The first-order chi connectivity index (χ1) is 17.3. The zero-order chi connectivity index (χ0) is 26.3. The van der Waals surface area contributed by atoms with Crippen LogP contribution in [0.5, 0.6) is 0 Å². The SMILES string of the molecule is CCO[Si](OCC)(OCC)c1ccc(C2=C/C(=C/c3ccc(N(CC)CC)s3)C(=O)O2)cc1C(C)C. The average Bonchev–Trinajstić information content (AvgIpc) is 3.47. The number of hydrogen-bond donors (Lipinski definition) is 0. The molecule has 2 aromatic rings. The number of nitrogens with zero attached hydrogens (tertiary/aromatic N) is 1. The van der Waals surface area contributed by atoms with Gasteiger partial charge >= 0.3 is 14.8 Å². The van der Waals surface area contributed by atoms with Gasteiger partial charge in [0, 0.05) is 48.5 Å². The maximum atomic E-state index is 12.7. The molecule has 1 aromatic carbocycles. The predicted octanol–water partition coefficient (Wildman–Crippen LogP) is 5.95. The van der Waals surface area contributed by atoms with Crippen molar-refractivity contribution < 1.29 is 22.8 Å². The molecule has 0 spiro atoms. The monoisotopic (exact) mass is 529 g/mol. The molecule has 196 valence electrons. The van der Waals surface area contributed by atoms with E-state index in [0.29, 0.717) is 31.2 Å². The van der Waals surface area contributed by atoms with Crippen LogP contribution in [-0.2, 0) is 22.8 Å². The van der Waals surface area contributed by atoms with E-state index in [1.54, 1.807) is 11.3 Å². The van der Waals surface area contributed by atoms with Gasteiger partial charge in [0.1, 0.15) is 5.76 Å². The Bertz CT molecular complexity index is 1090. The van der Waals surface area contributed by atoms with Crippen LogP contribution in [0.1, 0.15) is 70.4 Å². The number of benzene rings is 1. The molecule has 0 unspecified atom stereocenters. The van der Waals surface area contributed by atoms with Gasteiger partial charge in [-0.3, -0.25) is 0 Å². The minimum atomic E-state index is -3.07. The molecule has 6 nitrogen and oxygen atoms in total. The summed E-state index contributed by atoms with van der Waals surface area (Å²) in [6, 6.07) is 10.2. The largest absolute Gasteiger partial charge is 0.537 e. The van der Waals surface area contributed by atoms with E-state index in [0.717, 1.165) is 34.3 Å². The number of cyclic esters (lactones) is 1. The number of carbonyl (C=O) groups is 1. The Balaban J connectivity index is 1.98. The molecule has 1 aliphatic rings. The van der Waals surface area contributed by atoms with Gasteiger partial charge in [-0.15, -0.1) is 11.3 Å². The first kappa shape index (κ1) is 28.3. The van der Waals surface area contributed by atoms with Crippen molar-refractivity contribution in [3.05, 3.63) is 58.0 Å². The third-order valence-electron chi connectivity index (χ3n) is 6.00. The zero-order valence-electron chi connectivity index (χ0n) is 22.6. The number of rotatable bonds is 13. The van der Waals surface area contributed by atoms with E-state index in [9.17, 15) is 4.79 Å². The Kier molecular flexibility index (Phi) is 10.1. The summed E-state index contributed by atoms with van der Waals surface area (Å²) in [6.07, 6.45) is 3.73. The third-order valence-corrected chi connectivity index (χ3v) is 10.2. The van der Waals surface area contributed by atoms with Crippen molar-refractivity contribution in [3.63, 3.8) is 0 Å². The minimum absolute atomic E-state index is 0.200. The normalized spacial score (nSPS) is 15.1. The van der Waals surface area contributed by atoms with Crippen LogP contribution >= 0.6 is 11.3 Å². The van der Waals surface area contributed by atoms with Gasteiger partial charge in [-0.25, -0.2) is 4.79 Å². The van der Waals surface area contributed by atoms with Gasteiger partial charge in [0.15, 0.2) is 0 Å². The molecule has 0 amide bonds. The first-order valence-corrected chi connectivity index (χ1v) is 15.4. The average molecular weight is 530 g/mol. The third kappa shape index (κ3) is 6.18. The number of thiophene rings is 1. The highest BCUT2D eigenvalue weighted by atomic mass is 32.1. The molecule has 0 fully saturated rings. The van der Waals surface area contributed by atoms with Gasteiger partial charge in [-0.05, 0) is 76.5 Å². The van der Waals surface area contributed by atoms with Gasteiger partial charge in [0.05, 0.1) is 10.6 Å². The second-order valence-corrected chi connectivity index (χ2v) is 12.3. The molecule has 36 heavy (non-hydrogen) atoms. The summed E-state index contributed by atoms with van der Waals surface area (Å²) in [5.41, 5.74) is 2.47. The lowest BCUT2D eigenvalue weighted by Crippen LogP contribution is -2.58. The molecular weight excluding hydrogens is 490 g/mol. The molecule has 2 heterocycles. The second kappa shape index (κ2) is 12.8. The van der Waals surface area contributed by atoms with Gasteiger partial charge in [-0.1, -0.05) is 26.0 Å². The van der Waals surface area contributed by atoms with Crippen molar-refractivity contribution in [2.24, 2.45) is 0 Å². The lowest BCUT2D eigenvalue weighted by Gasteiger charge is -2.31. The van der Waals surface area contributed by atoms with Crippen LogP contribution in [-0.4, -0.2) is 47.7 Å². The van der Waals surface area contributed by atoms with Gasteiger partial charge in [0.25, 0.3) is 0 Å². The van der Waals surface area contributed by atoms with Gasteiger partial charge in [-0.2, -0.15) is 0 Å². The fraction of sp³-hybridized carbons (Fsp3) is 0.464. The standard InChI is InChI=1S/C28H39NO5SSi/c1-8-29(9-2)27-16-14-23(35-27)17-22-19-25(34-28(22)30)21-13-15-26(24(18-21)20(6)7)36(31-10-3,32-11-4)33-12-5/h13-20H,8-12H2,1-7H3/b22-17-. The van der Waals surface area contributed by atoms with Crippen LogP contribution in [0.15, 0.2) is 42.0 Å². The Labute approximate surface area is 220 Å². The number of hydrogen-bond acceptors (Lipinski definition) is 7. The summed E-state index contributed by atoms with van der Waals surface area (Å²) in [7, 11) is -3.07. The van der Waals surface area contributed by atoms with Gasteiger partial charge < -0.3 is 22.9 Å². The Morgan fingerprint density at radius 1 is 0.972 bits per heavy atom. The quantitative estimate of drug-likeness (QED) is 0.181. The van der Waals surface area contributed by atoms with E-state index in [1.165, 1.54) is 5.00 Å². The molecule has 0 saturated carbocycles. The van der Waals surface area contributed by atoms with E-state index in [2.05, 4.69) is 50.8 Å². The van der Waals surface area contributed by atoms with Crippen molar-refractivity contribution in [1.29, 1.82) is 0 Å². The highest BCUT2D eigenvalue weighted by Crippen LogP contribution is 2.32. The predicted molar refractivity (Wildman–Crippen MR) is 151 cm³/mol. The summed E-state index contributed by atoms with van der Waals surface area (Å²) < 4.78 is 24.2. The Hall–Kier alpha value is -2.23. The minimum Gasteiger partial charge on any atom is -0.422 e. The molecule has 1 aliphatic heterocycles. The van der Waals surface area contributed by atoms with Crippen molar-refractivity contribution in [3.8, 4) is 0 Å². The van der Waals surface area contributed by atoms with Crippen LogP contribution in [0, 0.1) is 0 Å². The smallest absolute Gasteiger partial charge is 0.422 e. The zero-order valence-corrected chi connectivity index (χ0v) is 24.4. The van der Waals surface area contributed by atoms with E-state index < -0.39 is 8.80 Å². The van der Waals surface area contributed by atoms with E-state index in [4.69, 9.17) is 18.0 Å². The number of carbonyl (C=O) groups excluding carboxylic acids is 1. The van der Waals surface area contributed by atoms with E-state index in [1.807, 2.05) is 45.1 Å². The fourth-order valence-corrected chi connectivity index (χ4v) is 8.26. The maximum Gasteiger partial charge on any atom is 0.537 e. The fourth-order valence-electron chi connectivity index (χ4n) is 4.31. The van der Waals surface area contributed by atoms with Gasteiger partial charge in [0.2, 0.25) is 0 Å². The second-order valence-electron chi connectivity index (χ2n) is 8.66. The molecule has 8 heteroatoms. The van der Waals surface area contributed by atoms with E-state index in [-0.39, 0.29) is 11.9 Å². The summed E-state index contributed by atoms with van der Waals surface area (Å²) in [5, 5.41) is 2.17. The van der Waals surface area contributed by atoms with Crippen molar-refractivity contribution in [2.75, 3.05) is 37.8 Å². The Morgan fingerprint density at radius 2 is 1.61 bits per heavy atom. The number of esters is 1. The maximum absolute atomic E-state index is 12.7. The van der Waals surface area contributed by atoms with Crippen molar-refractivity contribution in [1.82, 2.24) is 0 Å². The molecule has 0 saturated heterocycles. The van der Waals surface area contributed by atoms with Crippen LogP contribution in [0.2, 0.25) is 0 Å². The molecule has 0 bridgehead atoms. The van der Waals surface area contributed by atoms with Crippen molar-refractivity contribution >= 4 is 48.1 Å². The number of ether oxygens (including phenoxy) is 1. The molecular formula is C28H39NO5SSi. The molecule has 0 N–H and O–H groups in total. The van der Waals surface area contributed by atoms with Crippen LogP contribution in [0.25, 0.3) is 11.8 Å². The highest BCUT2D eigenvalue weighted by Gasteiger charge is 2.45. The molecule has 0 atom stereocenters. The lowest BCUT2D eigenvalue weighted by molar-refractivity contribution is -0.130. The van der Waals surface area contributed by atoms with E-state index >= 15 is 0 Å². The molecule has 0 aliphatic carbocycles. The topological polar surface area (TPSA) is 57.2 Å². The summed E-state index contributed by atoms with van der Waals surface area (Å²) >= 11 is 1.68. The van der Waals surface area contributed by atoms with Crippen LogP contribution < -0.4 is 10.1 Å². The Morgan fingerprint density at radius 3 is 2.17 bits per heavy atom. The number of anilines is 1. The molecule has 0 radical (unpaired) electrons. The molecule has 3 rings (SSSR count). The summed E-state index contributed by atoms with van der Waals surface area (Å²) in [4.78, 5) is 16.0.